The lowest BCUT2D eigenvalue weighted by Crippen LogP contribution is -2.05. The van der Waals surface area contributed by atoms with Crippen molar-refractivity contribution in [3.05, 3.63) is 0 Å². The molecule has 0 radical (unpaired) electrons. The summed E-state index contributed by atoms with van der Waals surface area (Å²) >= 11 is 0. The Morgan fingerprint density at radius 2 is 0.431 bits per heavy atom. The quantitative estimate of drug-likeness (QED) is 0.0463. The van der Waals surface area contributed by atoms with E-state index < -0.39 is 0 Å². The van der Waals surface area contributed by atoms with Crippen molar-refractivity contribution in [2.45, 2.75) is 303 Å². The van der Waals surface area contributed by atoms with Gasteiger partial charge in [-0.1, -0.05) is 284 Å². The van der Waals surface area contributed by atoms with E-state index in [2.05, 4.69) is 13.8 Å². The fourth-order valence-electron chi connectivity index (χ4n) is 7.85. The number of hydrogen-bond acceptors (Lipinski definition) is 2. The Balaban J connectivity index is 3.14. The van der Waals surface area contributed by atoms with Crippen LogP contribution < -0.4 is 0 Å². The van der Waals surface area contributed by atoms with Crippen LogP contribution in [0.1, 0.15) is 303 Å². The van der Waals surface area contributed by atoms with Gasteiger partial charge in [-0.15, -0.1) is 0 Å². The lowest BCUT2D eigenvalue weighted by Gasteiger charge is -2.06. The molecular weight excluding hydrogens is 621 g/mol. The molecule has 0 bridgehead atoms. The molecule has 2 nitrogen and oxygen atoms in total. The standard InChI is InChI=1S/C49H98O2/c1-3-5-7-9-11-13-15-17-19-21-23-24-25-26-27-28-29-31-33-35-37-39-41-43-45-47-49(50)51-48-46-44-42-40-38-36-34-32-30-22-20-18-16-14-12-10-8-6-4-2/h3-48H2,1-2H3. The summed E-state index contributed by atoms with van der Waals surface area (Å²) in [5.74, 6) is 0.0338. The molecule has 0 heterocycles. The average molecular weight is 719 g/mol. The summed E-state index contributed by atoms with van der Waals surface area (Å²) in [6.07, 6.45) is 62.4. The van der Waals surface area contributed by atoms with Crippen molar-refractivity contribution < 1.29 is 9.53 Å². The SMILES string of the molecule is CCCCCCCCCCCCCCCCCCCCCCCCCCCC(=O)OCCCCCCCCCCCCCCCCCCCCC. The van der Waals surface area contributed by atoms with Gasteiger partial charge >= 0.3 is 5.97 Å². The molecule has 306 valence electrons. The fraction of sp³-hybridized carbons (Fsp3) is 0.980. The number of carbonyl (C=O) groups excluding carboxylic acids is 1. The zero-order valence-corrected chi connectivity index (χ0v) is 35.8. The highest BCUT2D eigenvalue weighted by atomic mass is 16.5. The van der Waals surface area contributed by atoms with E-state index in [4.69, 9.17) is 4.74 Å². The third kappa shape index (κ3) is 47.4. The van der Waals surface area contributed by atoms with Gasteiger partial charge in [-0.25, -0.2) is 0 Å². The predicted molar refractivity (Wildman–Crippen MR) is 230 cm³/mol. The molecule has 0 saturated carbocycles. The Morgan fingerprint density at radius 1 is 0.255 bits per heavy atom. The van der Waals surface area contributed by atoms with Crippen molar-refractivity contribution in [1.82, 2.24) is 0 Å². The first kappa shape index (κ1) is 50.5. The van der Waals surface area contributed by atoms with Gasteiger partial charge in [-0.3, -0.25) is 4.79 Å². The number of rotatable bonds is 46. The maximum atomic E-state index is 12.0. The molecule has 0 rings (SSSR count). The molecule has 0 aromatic carbocycles. The zero-order chi connectivity index (χ0) is 36.8. The third-order valence-corrected chi connectivity index (χ3v) is 11.5. The molecule has 51 heavy (non-hydrogen) atoms. The highest BCUT2D eigenvalue weighted by Gasteiger charge is 2.03. The van der Waals surface area contributed by atoms with Crippen molar-refractivity contribution in [3.63, 3.8) is 0 Å². The molecule has 0 N–H and O–H groups in total. The first-order valence-corrected chi connectivity index (χ1v) is 24.5. The van der Waals surface area contributed by atoms with Gasteiger partial charge in [0.1, 0.15) is 0 Å². The molecule has 0 spiro atoms. The van der Waals surface area contributed by atoms with E-state index in [-0.39, 0.29) is 5.97 Å². The van der Waals surface area contributed by atoms with E-state index in [1.54, 1.807) is 0 Å². The Labute approximate surface area is 324 Å². The average Bonchev–Trinajstić information content (AvgIpc) is 3.14. The summed E-state index contributed by atoms with van der Waals surface area (Å²) < 4.78 is 5.49. The van der Waals surface area contributed by atoms with Crippen LogP contribution >= 0.6 is 0 Å². The second-order valence-electron chi connectivity index (χ2n) is 16.8. The molecule has 2 heteroatoms. The van der Waals surface area contributed by atoms with E-state index in [9.17, 15) is 4.79 Å². The highest BCUT2D eigenvalue weighted by Crippen LogP contribution is 2.17. The first-order valence-electron chi connectivity index (χ1n) is 24.5. The molecule has 0 aliphatic rings. The van der Waals surface area contributed by atoms with Crippen molar-refractivity contribution in [2.24, 2.45) is 0 Å². The monoisotopic (exact) mass is 719 g/mol. The minimum absolute atomic E-state index is 0.0338. The van der Waals surface area contributed by atoms with E-state index in [1.807, 2.05) is 0 Å². The van der Waals surface area contributed by atoms with Gasteiger partial charge in [-0.05, 0) is 12.8 Å². The lowest BCUT2D eigenvalue weighted by molar-refractivity contribution is -0.143. The number of ether oxygens (including phenoxy) is 1. The van der Waals surface area contributed by atoms with Gasteiger partial charge in [0.15, 0.2) is 0 Å². The first-order chi connectivity index (χ1) is 25.3. The molecular formula is C49H98O2. The smallest absolute Gasteiger partial charge is 0.305 e. The highest BCUT2D eigenvalue weighted by molar-refractivity contribution is 5.69. The van der Waals surface area contributed by atoms with Crippen molar-refractivity contribution in [1.29, 1.82) is 0 Å². The van der Waals surface area contributed by atoms with Gasteiger partial charge in [0.05, 0.1) is 6.61 Å². The summed E-state index contributed by atoms with van der Waals surface area (Å²) in [5, 5.41) is 0. The number of esters is 1. The summed E-state index contributed by atoms with van der Waals surface area (Å²) in [6.45, 7) is 5.24. The summed E-state index contributed by atoms with van der Waals surface area (Å²) in [5.41, 5.74) is 0. The van der Waals surface area contributed by atoms with Crippen LogP contribution in [0.25, 0.3) is 0 Å². The van der Waals surface area contributed by atoms with Crippen LogP contribution in [0.3, 0.4) is 0 Å². The number of carbonyl (C=O) groups is 1. The summed E-state index contributed by atoms with van der Waals surface area (Å²) in [7, 11) is 0. The Bertz CT molecular complexity index is 615. The molecule has 0 atom stereocenters. The normalized spacial score (nSPS) is 11.5. The Morgan fingerprint density at radius 3 is 0.647 bits per heavy atom. The molecule has 0 amide bonds. The van der Waals surface area contributed by atoms with Gasteiger partial charge < -0.3 is 4.74 Å². The van der Waals surface area contributed by atoms with Crippen LogP contribution in [0.2, 0.25) is 0 Å². The molecule has 0 aromatic rings. The van der Waals surface area contributed by atoms with Crippen molar-refractivity contribution in [2.75, 3.05) is 6.61 Å². The Kier molecular flexibility index (Phi) is 47.0. The van der Waals surface area contributed by atoms with E-state index >= 15 is 0 Å². The minimum Gasteiger partial charge on any atom is -0.466 e. The molecule has 0 aliphatic carbocycles. The Hall–Kier alpha value is -0.530. The van der Waals surface area contributed by atoms with Gasteiger partial charge in [0.25, 0.3) is 0 Å². The van der Waals surface area contributed by atoms with Gasteiger partial charge in [0.2, 0.25) is 0 Å². The van der Waals surface area contributed by atoms with E-state index in [0.717, 1.165) is 12.8 Å². The lowest BCUT2D eigenvalue weighted by atomic mass is 10.0. The van der Waals surface area contributed by atoms with E-state index in [0.29, 0.717) is 13.0 Å². The van der Waals surface area contributed by atoms with Crippen LogP contribution in [0.5, 0.6) is 0 Å². The van der Waals surface area contributed by atoms with E-state index in [1.165, 1.54) is 270 Å². The molecule has 0 aromatic heterocycles. The van der Waals surface area contributed by atoms with Crippen molar-refractivity contribution in [3.8, 4) is 0 Å². The van der Waals surface area contributed by atoms with Gasteiger partial charge in [-0.2, -0.15) is 0 Å². The summed E-state index contributed by atoms with van der Waals surface area (Å²) in [4.78, 5) is 12.0. The topological polar surface area (TPSA) is 26.3 Å². The zero-order valence-electron chi connectivity index (χ0n) is 35.8. The second kappa shape index (κ2) is 47.5. The van der Waals surface area contributed by atoms with Crippen molar-refractivity contribution >= 4 is 5.97 Å². The fourth-order valence-corrected chi connectivity index (χ4v) is 7.85. The molecule has 0 saturated heterocycles. The van der Waals surface area contributed by atoms with Crippen LogP contribution in [0.15, 0.2) is 0 Å². The molecule has 0 unspecified atom stereocenters. The molecule has 0 aliphatic heterocycles. The molecule has 0 fully saturated rings. The minimum atomic E-state index is 0.0338. The third-order valence-electron chi connectivity index (χ3n) is 11.5. The largest absolute Gasteiger partial charge is 0.466 e. The van der Waals surface area contributed by atoms with Crippen LogP contribution in [0, 0.1) is 0 Å². The predicted octanol–water partition coefficient (Wildman–Crippen LogP) is 18.1. The number of hydrogen-bond donors (Lipinski definition) is 0. The number of unbranched alkanes of at least 4 members (excludes halogenated alkanes) is 42. The second-order valence-corrected chi connectivity index (χ2v) is 16.8. The maximum absolute atomic E-state index is 12.0. The van der Waals surface area contributed by atoms with Gasteiger partial charge in [0, 0.05) is 6.42 Å². The maximum Gasteiger partial charge on any atom is 0.305 e. The summed E-state index contributed by atoms with van der Waals surface area (Å²) in [6, 6.07) is 0. The van der Waals surface area contributed by atoms with Crippen LogP contribution in [0.4, 0.5) is 0 Å². The van der Waals surface area contributed by atoms with Crippen LogP contribution in [-0.2, 0) is 9.53 Å². The van der Waals surface area contributed by atoms with Crippen LogP contribution in [-0.4, -0.2) is 12.6 Å².